The number of nitrogens with two attached hydrogens (primary N) is 1. The van der Waals surface area contributed by atoms with Crippen molar-refractivity contribution in [2.45, 2.75) is 18.2 Å². The van der Waals surface area contributed by atoms with Gasteiger partial charge < -0.3 is 24.7 Å². The van der Waals surface area contributed by atoms with Gasteiger partial charge in [-0.05, 0) is 46.8 Å². The summed E-state index contributed by atoms with van der Waals surface area (Å²) < 4.78 is 22.3. The molecule has 0 radical (unpaired) electrons. The maximum atomic E-state index is 12.6. The quantitative estimate of drug-likeness (QED) is 0.312. The Hall–Kier alpha value is -3.75. The summed E-state index contributed by atoms with van der Waals surface area (Å²) in [4.78, 5) is 13.0. The number of nitrogens with zero attached hydrogens (tertiary/aromatic N) is 1. The number of methoxy groups -OCH3 is 2. The third-order valence-electron chi connectivity index (χ3n) is 6.45. The Bertz CT molecular complexity index is 1390. The van der Waals surface area contributed by atoms with Crippen molar-refractivity contribution in [3.63, 3.8) is 0 Å². The number of carbonyl (C=O) groups excluding carboxylic acids is 1. The van der Waals surface area contributed by atoms with Gasteiger partial charge in [0, 0.05) is 11.8 Å². The number of nitriles is 1. The summed E-state index contributed by atoms with van der Waals surface area (Å²) in [6, 6.07) is 16.4. The van der Waals surface area contributed by atoms with Gasteiger partial charge in [0.05, 0.1) is 30.9 Å². The van der Waals surface area contributed by atoms with Crippen LogP contribution in [0.5, 0.6) is 17.2 Å². The summed E-state index contributed by atoms with van der Waals surface area (Å²) in [6.07, 6.45) is -0.518. The highest BCUT2D eigenvalue weighted by atomic mass is 35.5. The number of hydrogen-bond donors (Lipinski definition) is 3. The van der Waals surface area contributed by atoms with Crippen molar-refractivity contribution in [2.24, 2.45) is 11.7 Å². The van der Waals surface area contributed by atoms with Gasteiger partial charge in [-0.15, -0.1) is 11.3 Å². The minimum absolute atomic E-state index is 0.0294. The fourth-order valence-electron chi connectivity index (χ4n) is 4.75. The molecule has 190 valence electrons. The summed E-state index contributed by atoms with van der Waals surface area (Å²) in [5, 5.41) is 12.0. The Morgan fingerprint density at radius 2 is 1.92 bits per heavy atom. The van der Waals surface area contributed by atoms with Crippen LogP contribution in [0.3, 0.4) is 0 Å². The molecule has 3 aromatic rings. The second-order valence-corrected chi connectivity index (χ2v) is 9.78. The van der Waals surface area contributed by atoms with Gasteiger partial charge in [-0.3, -0.25) is 0 Å². The van der Waals surface area contributed by atoms with Crippen molar-refractivity contribution in [1.29, 1.82) is 5.26 Å². The van der Waals surface area contributed by atoms with E-state index in [1.807, 2.05) is 24.3 Å². The number of rotatable bonds is 6. The lowest BCUT2D eigenvalue weighted by molar-refractivity contribution is 0.0340. The molecule has 5 rings (SSSR count). The smallest absolute Gasteiger partial charge is 0.353 e. The zero-order valence-electron chi connectivity index (χ0n) is 19.9. The van der Waals surface area contributed by atoms with Gasteiger partial charge in [-0.2, -0.15) is 5.26 Å². The van der Waals surface area contributed by atoms with Crippen molar-refractivity contribution in [2.75, 3.05) is 14.2 Å². The van der Waals surface area contributed by atoms with Gasteiger partial charge >= 0.3 is 5.97 Å². The number of hydrogen-bond acceptors (Lipinski definition) is 10. The lowest BCUT2D eigenvalue weighted by Gasteiger charge is -2.36. The largest absolute Gasteiger partial charge is 0.497 e. The average Bonchev–Trinajstić information content (AvgIpc) is 3.59. The third-order valence-corrected chi connectivity index (χ3v) is 7.58. The summed E-state index contributed by atoms with van der Waals surface area (Å²) in [6.45, 7) is 0. The molecule has 0 saturated carbocycles. The first kappa shape index (κ1) is 24.9. The number of nitrogens with one attached hydrogen (secondary N) is 2. The van der Waals surface area contributed by atoms with E-state index in [1.54, 1.807) is 36.8 Å². The van der Waals surface area contributed by atoms with E-state index in [0.717, 1.165) is 11.3 Å². The first-order chi connectivity index (χ1) is 17.9. The Morgan fingerprint density at radius 3 is 2.57 bits per heavy atom. The number of thiophene rings is 1. The lowest BCUT2D eigenvalue weighted by atomic mass is 9.74. The summed E-state index contributed by atoms with van der Waals surface area (Å²) in [7, 11) is 3.07. The molecule has 3 heterocycles. The van der Waals surface area contributed by atoms with Crippen LogP contribution in [-0.4, -0.2) is 26.4 Å². The van der Waals surface area contributed by atoms with Gasteiger partial charge in [0.2, 0.25) is 5.88 Å². The third kappa shape index (κ3) is 4.58. The SMILES string of the molecule is COc1ccc(C2NNC3OC(N)=C(C#N)C(c4cc(Cl)c(OC(=O)c5cccs5)c(OC)c4)C32)cc1. The number of halogens is 1. The fraction of sp³-hybridized carbons (Fsp3) is 0.231. The molecule has 2 aliphatic rings. The van der Waals surface area contributed by atoms with Gasteiger partial charge in [0.15, 0.2) is 17.7 Å². The topological polar surface area (TPSA) is 128 Å². The number of hydrazine groups is 1. The van der Waals surface area contributed by atoms with Crippen molar-refractivity contribution < 1.29 is 23.7 Å². The predicted molar refractivity (Wildman–Crippen MR) is 137 cm³/mol. The predicted octanol–water partition coefficient (Wildman–Crippen LogP) is 4.24. The molecule has 0 aliphatic carbocycles. The van der Waals surface area contributed by atoms with Crippen LogP contribution in [-0.2, 0) is 4.74 Å². The summed E-state index contributed by atoms with van der Waals surface area (Å²) in [5.41, 5.74) is 14.5. The zero-order chi connectivity index (χ0) is 26.1. The van der Waals surface area contributed by atoms with Crippen molar-refractivity contribution in [1.82, 2.24) is 10.9 Å². The first-order valence-corrected chi connectivity index (χ1v) is 12.6. The van der Waals surface area contributed by atoms with Gasteiger partial charge in [-0.25, -0.2) is 15.6 Å². The number of benzene rings is 2. The molecule has 1 fully saturated rings. The van der Waals surface area contributed by atoms with Crippen LogP contribution in [0.15, 0.2) is 65.4 Å². The Balaban J connectivity index is 1.56. The van der Waals surface area contributed by atoms with Crippen molar-refractivity contribution in [3.05, 3.63) is 86.4 Å². The molecule has 2 aromatic carbocycles. The number of fused-ring (bicyclic) bond motifs is 1. The Labute approximate surface area is 222 Å². The van der Waals surface area contributed by atoms with Crippen LogP contribution in [0, 0.1) is 17.2 Å². The normalized spacial score (nSPS) is 22.5. The molecule has 2 aliphatic heterocycles. The standard InChI is InChI=1S/C26H23ClN4O5S/c1-33-15-7-5-13(6-8-15)22-21-20(16(12-28)24(29)36-25(21)31-30-22)14-10-17(27)23(18(11-14)34-2)35-26(32)19-4-3-9-37-19/h3-11,20-22,25,30-31H,29H2,1-2H3. The van der Waals surface area contributed by atoms with Gasteiger partial charge in [-0.1, -0.05) is 29.8 Å². The molecule has 9 nitrogen and oxygen atoms in total. The van der Waals surface area contributed by atoms with E-state index in [9.17, 15) is 10.1 Å². The second-order valence-electron chi connectivity index (χ2n) is 8.42. The van der Waals surface area contributed by atoms with E-state index in [0.29, 0.717) is 10.4 Å². The molecular weight excluding hydrogens is 516 g/mol. The molecule has 4 N–H and O–H groups in total. The molecule has 0 bridgehead atoms. The van der Waals surface area contributed by atoms with Gasteiger partial charge in [0.25, 0.3) is 0 Å². The number of allylic oxidation sites excluding steroid dienone is 1. The molecule has 37 heavy (non-hydrogen) atoms. The van der Waals surface area contributed by atoms with Crippen LogP contribution >= 0.6 is 22.9 Å². The minimum atomic E-state index is -0.542. The van der Waals surface area contributed by atoms with E-state index in [2.05, 4.69) is 16.9 Å². The van der Waals surface area contributed by atoms with Crippen LogP contribution in [0.4, 0.5) is 0 Å². The zero-order valence-corrected chi connectivity index (χ0v) is 21.4. The maximum absolute atomic E-state index is 12.6. The van der Waals surface area contributed by atoms with Crippen molar-refractivity contribution >= 4 is 28.9 Å². The molecule has 4 unspecified atom stereocenters. The second kappa shape index (κ2) is 10.3. The van der Waals surface area contributed by atoms with E-state index in [4.69, 9.17) is 36.3 Å². The molecule has 1 saturated heterocycles. The monoisotopic (exact) mass is 538 g/mol. The fourth-order valence-corrected chi connectivity index (χ4v) is 5.60. The highest BCUT2D eigenvalue weighted by molar-refractivity contribution is 7.12. The van der Waals surface area contributed by atoms with Gasteiger partial charge in [0.1, 0.15) is 16.7 Å². The highest BCUT2D eigenvalue weighted by Crippen LogP contribution is 2.50. The van der Waals surface area contributed by atoms with E-state index < -0.39 is 18.1 Å². The Kier molecular flexibility index (Phi) is 6.95. The number of ether oxygens (including phenoxy) is 4. The molecule has 11 heteroatoms. The molecular formula is C26H23ClN4O5S. The lowest BCUT2D eigenvalue weighted by Crippen LogP contribution is -2.41. The van der Waals surface area contributed by atoms with Crippen LogP contribution in [0.2, 0.25) is 5.02 Å². The van der Waals surface area contributed by atoms with Crippen LogP contribution < -0.4 is 30.8 Å². The number of carbonyl (C=O) groups is 1. The van der Waals surface area contributed by atoms with E-state index in [-0.39, 0.29) is 39.9 Å². The minimum Gasteiger partial charge on any atom is -0.497 e. The van der Waals surface area contributed by atoms with Crippen LogP contribution in [0.25, 0.3) is 0 Å². The molecule has 1 aromatic heterocycles. The van der Waals surface area contributed by atoms with Crippen molar-refractivity contribution in [3.8, 4) is 23.3 Å². The highest BCUT2D eigenvalue weighted by Gasteiger charge is 2.49. The maximum Gasteiger partial charge on any atom is 0.353 e. The van der Waals surface area contributed by atoms with Crippen LogP contribution in [0.1, 0.15) is 32.8 Å². The number of esters is 1. The summed E-state index contributed by atoms with van der Waals surface area (Å²) >= 11 is 7.89. The summed E-state index contributed by atoms with van der Waals surface area (Å²) in [5.74, 6) is -0.219. The molecule has 4 atom stereocenters. The Morgan fingerprint density at radius 1 is 1.14 bits per heavy atom. The molecule has 0 amide bonds. The van der Waals surface area contributed by atoms with E-state index >= 15 is 0 Å². The molecule has 0 spiro atoms. The van der Waals surface area contributed by atoms with E-state index in [1.165, 1.54) is 18.4 Å². The average molecular weight is 539 g/mol. The first-order valence-electron chi connectivity index (χ1n) is 11.3.